The maximum absolute atomic E-state index is 9.25. The van der Waals surface area contributed by atoms with Gasteiger partial charge in [-0.25, -0.2) is 4.79 Å². The minimum Gasteiger partial charge on any atom is -0.499 e. The van der Waals surface area contributed by atoms with Crippen molar-refractivity contribution in [2.75, 3.05) is 19.8 Å². The molecule has 0 atom stereocenters. The summed E-state index contributed by atoms with van der Waals surface area (Å²) in [5, 5.41) is 7.60. The van der Waals surface area contributed by atoms with E-state index in [1.165, 1.54) is 6.26 Å². The van der Waals surface area contributed by atoms with Gasteiger partial charge in [-0.3, -0.25) is 0 Å². The predicted molar refractivity (Wildman–Crippen MR) is 50.5 cm³/mol. The van der Waals surface area contributed by atoms with E-state index in [4.69, 9.17) is 14.6 Å². The minimum atomic E-state index is -0.981. The van der Waals surface area contributed by atoms with Gasteiger partial charge in [-0.05, 0) is 6.92 Å². The number of carboxylic acids is 1. The molecule has 0 spiro atoms. The summed E-state index contributed by atoms with van der Waals surface area (Å²) in [7, 11) is 0. The lowest BCUT2D eigenvalue weighted by molar-refractivity contribution is -0.131. The van der Waals surface area contributed by atoms with Crippen LogP contribution in [0.2, 0.25) is 0 Å². The minimum absolute atomic E-state index is 0.608. The largest absolute Gasteiger partial charge is 0.499 e. The fraction of sp³-hybridized carbons (Fsp3) is 0.444. The molecule has 0 aromatic heterocycles. The van der Waals surface area contributed by atoms with Gasteiger partial charge in [0, 0.05) is 12.7 Å². The Morgan fingerprint density at radius 2 is 2.00 bits per heavy atom. The van der Waals surface area contributed by atoms with Crippen LogP contribution in [0, 0.1) is 0 Å². The zero-order valence-corrected chi connectivity index (χ0v) is 7.86. The van der Waals surface area contributed by atoms with Crippen molar-refractivity contribution in [1.29, 1.82) is 0 Å². The van der Waals surface area contributed by atoms with E-state index in [-0.39, 0.29) is 0 Å². The van der Waals surface area contributed by atoms with Crippen LogP contribution in [-0.4, -0.2) is 30.9 Å². The third kappa shape index (κ3) is 24.9. The van der Waals surface area contributed by atoms with E-state index in [0.29, 0.717) is 13.2 Å². The van der Waals surface area contributed by atoms with Crippen molar-refractivity contribution in [1.82, 2.24) is 0 Å². The summed E-state index contributed by atoms with van der Waals surface area (Å²) in [4.78, 5) is 9.25. The quantitative estimate of drug-likeness (QED) is 0.389. The van der Waals surface area contributed by atoms with E-state index in [1.807, 2.05) is 6.92 Å². The van der Waals surface area contributed by atoms with Gasteiger partial charge in [0.25, 0.3) is 0 Å². The van der Waals surface area contributed by atoms with Crippen molar-refractivity contribution in [3.63, 3.8) is 0 Å². The van der Waals surface area contributed by atoms with Crippen LogP contribution < -0.4 is 0 Å². The average molecular weight is 188 g/mol. The first kappa shape index (κ1) is 14.2. The second-order valence-corrected chi connectivity index (χ2v) is 1.78. The van der Waals surface area contributed by atoms with E-state index in [9.17, 15) is 4.79 Å². The number of ether oxygens (including phenoxy) is 2. The molecule has 4 heteroatoms. The van der Waals surface area contributed by atoms with Gasteiger partial charge in [0.05, 0.1) is 12.9 Å². The van der Waals surface area contributed by atoms with Gasteiger partial charge in [0.1, 0.15) is 6.61 Å². The van der Waals surface area contributed by atoms with Crippen molar-refractivity contribution in [2.45, 2.75) is 6.92 Å². The van der Waals surface area contributed by atoms with E-state index in [2.05, 4.69) is 13.2 Å². The molecular weight excluding hydrogens is 172 g/mol. The fourth-order valence-electron chi connectivity index (χ4n) is 0.335. The van der Waals surface area contributed by atoms with Crippen LogP contribution in [0.25, 0.3) is 0 Å². The molecular formula is C9H16O4. The Morgan fingerprint density at radius 1 is 1.46 bits per heavy atom. The van der Waals surface area contributed by atoms with Crippen LogP contribution in [0.3, 0.4) is 0 Å². The Labute approximate surface area is 78.5 Å². The van der Waals surface area contributed by atoms with Crippen LogP contribution in [0.15, 0.2) is 25.5 Å². The highest BCUT2D eigenvalue weighted by Gasteiger charge is 1.79. The molecule has 0 aromatic rings. The molecule has 0 unspecified atom stereocenters. The smallest absolute Gasteiger partial charge is 0.327 e. The number of hydrogen-bond donors (Lipinski definition) is 1. The molecule has 76 valence electrons. The topological polar surface area (TPSA) is 55.8 Å². The van der Waals surface area contributed by atoms with Gasteiger partial charge in [-0.2, -0.15) is 0 Å². The maximum Gasteiger partial charge on any atom is 0.327 e. The summed E-state index contributed by atoms with van der Waals surface area (Å²) in [5.74, 6) is -0.981. The zero-order chi connectivity index (χ0) is 10.5. The molecule has 13 heavy (non-hydrogen) atoms. The molecule has 0 aliphatic rings. The Kier molecular flexibility index (Phi) is 14.6. The molecule has 0 saturated heterocycles. The molecule has 0 amide bonds. The number of hydrogen-bond acceptors (Lipinski definition) is 3. The Bertz CT molecular complexity index is 143. The molecule has 0 aliphatic carbocycles. The summed E-state index contributed by atoms with van der Waals surface area (Å²) in [6, 6.07) is 0. The third-order valence-electron chi connectivity index (χ3n) is 0.842. The second-order valence-electron chi connectivity index (χ2n) is 1.78. The second kappa shape index (κ2) is 13.3. The average Bonchev–Trinajstić information content (AvgIpc) is 2.14. The highest BCUT2D eigenvalue weighted by atomic mass is 16.5. The molecule has 4 nitrogen and oxygen atoms in total. The summed E-state index contributed by atoms with van der Waals surface area (Å²) in [6.07, 6.45) is 2.25. The number of aliphatic carboxylic acids is 1. The molecule has 0 aliphatic heterocycles. The fourth-order valence-corrected chi connectivity index (χ4v) is 0.335. The SMILES string of the molecule is C=CC(=O)O.C=COCCOCC. The number of carboxylic acid groups (broad SMARTS) is 1. The molecule has 1 N–H and O–H groups in total. The summed E-state index contributed by atoms with van der Waals surface area (Å²) < 4.78 is 9.74. The van der Waals surface area contributed by atoms with E-state index in [1.54, 1.807) is 0 Å². The monoisotopic (exact) mass is 188 g/mol. The van der Waals surface area contributed by atoms with Crippen LogP contribution in [0.1, 0.15) is 6.92 Å². The van der Waals surface area contributed by atoms with Crippen molar-refractivity contribution < 1.29 is 19.4 Å². The number of carbonyl (C=O) groups is 1. The number of rotatable bonds is 6. The molecule has 0 radical (unpaired) electrons. The maximum atomic E-state index is 9.25. The van der Waals surface area contributed by atoms with Gasteiger partial charge in [0.2, 0.25) is 0 Å². The highest BCUT2D eigenvalue weighted by molar-refractivity contribution is 5.78. The molecule has 0 fully saturated rings. The summed E-state index contributed by atoms with van der Waals surface area (Å²) >= 11 is 0. The molecule has 0 heterocycles. The first-order valence-electron chi connectivity index (χ1n) is 3.84. The molecule has 0 aromatic carbocycles. The highest BCUT2D eigenvalue weighted by Crippen LogP contribution is 1.75. The van der Waals surface area contributed by atoms with Gasteiger partial charge in [-0.1, -0.05) is 13.2 Å². The molecule has 0 rings (SSSR count). The Morgan fingerprint density at radius 3 is 2.31 bits per heavy atom. The van der Waals surface area contributed by atoms with Gasteiger partial charge < -0.3 is 14.6 Å². The lowest BCUT2D eigenvalue weighted by Gasteiger charge is -1.98. The van der Waals surface area contributed by atoms with Crippen molar-refractivity contribution in [3.05, 3.63) is 25.5 Å². The van der Waals surface area contributed by atoms with Crippen molar-refractivity contribution in [2.24, 2.45) is 0 Å². The lowest BCUT2D eigenvalue weighted by Crippen LogP contribution is -1.99. The van der Waals surface area contributed by atoms with E-state index in [0.717, 1.165) is 12.7 Å². The normalized spacial score (nSPS) is 7.77. The standard InChI is InChI=1S/C6H12O2.C3H4O2/c1-3-7-5-6-8-4-2;1-2-3(4)5/h3H,1,4-6H2,2H3;2H,1H2,(H,4,5). The van der Waals surface area contributed by atoms with Gasteiger partial charge in [0.15, 0.2) is 0 Å². The van der Waals surface area contributed by atoms with Crippen LogP contribution in [-0.2, 0) is 14.3 Å². The summed E-state index contributed by atoms with van der Waals surface area (Å²) in [5.41, 5.74) is 0. The summed E-state index contributed by atoms with van der Waals surface area (Å²) in [6.45, 7) is 10.3. The first-order chi connectivity index (χ1) is 6.18. The molecule has 0 saturated carbocycles. The van der Waals surface area contributed by atoms with Gasteiger partial charge >= 0.3 is 5.97 Å². The molecule has 0 bridgehead atoms. The van der Waals surface area contributed by atoms with E-state index < -0.39 is 5.97 Å². The zero-order valence-electron chi connectivity index (χ0n) is 7.86. The predicted octanol–water partition coefficient (Wildman–Crippen LogP) is 1.44. The Balaban J connectivity index is 0. The van der Waals surface area contributed by atoms with Crippen LogP contribution in [0.5, 0.6) is 0 Å². The first-order valence-corrected chi connectivity index (χ1v) is 3.84. The van der Waals surface area contributed by atoms with Crippen LogP contribution >= 0.6 is 0 Å². The van der Waals surface area contributed by atoms with Crippen molar-refractivity contribution >= 4 is 5.97 Å². The van der Waals surface area contributed by atoms with E-state index >= 15 is 0 Å². The third-order valence-corrected chi connectivity index (χ3v) is 0.842. The van der Waals surface area contributed by atoms with Crippen molar-refractivity contribution in [3.8, 4) is 0 Å². The van der Waals surface area contributed by atoms with Gasteiger partial charge in [-0.15, -0.1) is 0 Å². The lowest BCUT2D eigenvalue weighted by atomic mass is 10.7. The van der Waals surface area contributed by atoms with Crippen LogP contribution in [0.4, 0.5) is 0 Å². The Hall–Kier alpha value is -1.29.